The van der Waals surface area contributed by atoms with Crippen LogP contribution in [0, 0.1) is 0 Å². The van der Waals surface area contributed by atoms with Crippen LogP contribution in [0.2, 0.25) is 5.02 Å². The van der Waals surface area contributed by atoms with Crippen LogP contribution in [0.15, 0.2) is 34.9 Å². The van der Waals surface area contributed by atoms with Crippen molar-refractivity contribution >= 4 is 29.5 Å². The van der Waals surface area contributed by atoms with Crippen LogP contribution in [-0.2, 0) is 16.0 Å². The van der Waals surface area contributed by atoms with Crippen molar-refractivity contribution in [2.24, 2.45) is 0 Å². The van der Waals surface area contributed by atoms with Crippen molar-refractivity contribution in [3.8, 4) is 0 Å². The molecule has 0 bridgehead atoms. The predicted octanol–water partition coefficient (Wildman–Crippen LogP) is 2.69. The van der Waals surface area contributed by atoms with E-state index in [0.717, 1.165) is 11.8 Å². The summed E-state index contributed by atoms with van der Waals surface area (Å²) in [5.41, 5.74) is 0.813. The summed E-state index contributed by atoms with van der Waals surface area (Å²) in [5, 5.41) is 3.07. The fraction of sp³-hybridized carbons (Fsp3) is 0.214. The number of ether oxygens (including phenoxy) is 1. The largest absolute Gasteiger partial charge is 0.461 e. The zero-order valence-corrected chi connectivity index (χ0v) is 12.0. The number of amides is 1. The first-order valence-electron chi connectivity index (χ1n) is 6.25. The summed E-state index contributed by atoms with van der Waals surface area (Å²) in [4.78, 5) is 27.0. The molecule has 2 rings (SSSR count). The number of benzene rings is 1. The van der Waals surface area contributed by atoms with Crippen molar-refractivity contribution in [2.75, 3.05) is 11.9 Å². The minimum Gasteiger partial charge on any atom is -0.461 e. The van der Waals surface area contributed by atoms with Crippen molar-refractivity contribution < 1.29 is 18.7 Å². The van der Waals surface area contributed by atoms with Gasteiger partial charge >= 0.3 is 12.0 Å². The Morgan fingerprint density at radius 1 is 1.33 bits per heavy atom. The van der Waals surface area contributed by atoms with Gasteiger partial charge in [0.1, 0.15) is 6.26 Å². The first kappa shape index (κ1) is 15.1. The van der Waals surface area contributed by atoms with Gasteiger partial charge in [-0.05, 0) is 24.6 Å². The highest BCUT2D eigenvalue weighted by atomic mass is 35.5. The van der Waals surface area contributed by atoms with Gasteiger partial charge in [0.15, 0.2) is 5.69 Å². The molecule has 6 nitrogen and oxygen atoms in total. The highest BCUT2D eigenvalue weighted by Crippen LogP contribution is 2.12. The number of hydrogen-bond donors (Lipinski definition) is 1. The Morgan fingerprint density at radius 2 is 2.05 bits per heavy atom. The van der Waals surface area contributed by atoms with Gasteiger partial charge in [0.05, 0.1) is 13.0 Å². The average molecular weight is 309 g/mol. The van der Waals surface area contributed by atoms with Gasteiger partial charge in [0, 0.05) is 5.02 Å². The topological polar surface area (TPSA) is 81.4 Å². The smallest absolute Gasteiger partial charge is 0.360 e. The number of carbonyl (C=O) groups excluding carboxylic acids is 2. The van der Waals surface area contributed by atoms with Gasteiger partial charge in [-0.2, -0.15) is 4.98 Å². The lowest BCUT2D eigenvalue weighted by molar-refractivity contribution is -0.115. The van der Waals surface area contributed by atoms with E-state index in [2.05, 4.69) is 10.3 Å². The Hall–Kier alpha value is -2.34. The SMILES string of the molecule is CCOC(=O)c1coc(NC(=O)Cc2ccc(Cl)cc2)n1. The molecule has 0 fully saturated rings. The minimum atomic E-state index is -0.598. The molecule has 0 aliphatic heterocycles. The van der Waals surface area contributed by atoms with E-state index in [4.69, 9.17) is 20.8 Å². The van der Waals surface area contributed by atoms with Gasteiger partial charge in [-0.3, -0.25) is 10.1 Å². The third kappa shape index (κ3) is 4.32. The van der Waals surface area contributed by atoms with Crippen LogP contribution in [0.25, 0.3) is 0 Å². The third-order valence-electron chi connectivity index (χ3n) is 2.51. The maximum atomic E-state index is 11.8. The molecule has 110 valence electrons. The van der Waals surface area contributed by atoms with E-state index in [-0.39, 0.29) is 30.6 Å². The molecule has 0 spiro atoms. The normalized spacial score (nSPS) is 10.2. The molecule has 0 saturated carbocycles. The van der Waals surface area contributed by atoms with E-state index < -0.39 is 5.97 Å². The summed E-state index contributed by atoms with van der Waals surface area (Å²) in [6.07, 6.45) is 1.28. The highest BCUT2D eigenvalue weighted by Gasteiger charge is 2.14. The Balaban J connectivity index is 1.93. The van der Waals surface area contributed by atoms with Gasteiger partial charge < -0.3 is 9.15 Å². The molecule has 0 radical (unpaired) electrons. The number of anilines is 1. The van der Waals surface area contributed by atoms with E-state index in [1.165, 1.54) is 0 Å². The van der Waals surface area contributed by atoms with Crippen LogP contribution in [0.3, 0.4) is 0 Å². The maximum absolute atomic E-state index is 11.8. The van der Waals surface area contributed by atoms with Gasteiger partial charge in [0.25, 0.3) is 0 Å². The van der Waals surface area contributed by atoms with Crippen LogP contribution in [-0.4, -0.2) is 23.5 Å². The van der Waals surface area contributed by atoms with Crippen molar-refractivity contribution in [3.63, 3.8) is 0 Å². The number of esters is 1. The fourth-order valence-electron chi connectivity index (χ4n) is 1.58. The van der Waals surface area contributed by atoms with Crippen molar-refractivity contribution in [1.82, 2.24) is 4.98 Å². The lowest BCUT2D eigenvalue weighted by Gasteiger charge is -2.01. The Labute approximate surface area is 126 Å². The summed E-state index contributed by atoms with van der Waals surface area (Å²) in [6.45, 7) is 1.93. The number of nitrogens with one attached hydrogen (secondary N) is 1. The minimum absolute atomic E-state index is 0.0126. The van der Waals surface area contributed by atoms with Gasteiger partial charge in [-0.25, -0.2) is 4.79 Å². The van der Waals surface area contributed by atoms with Gasteiger partial charge in [-0.1, -0.05) is 23.7 Å². The first-order valence-corrected chi connectivity index (χ1v) is 6.63. The lowest BCUT2D eigenvalue weighted by atomic mass is 10.1. The first-order chi connectivity index (χ1) is 10.1. The van der Waals surface area contributed by atoms with Crippen LogP contribution >= 0.6 is 11.6 Å². The second kappa shape index (κ2) is 6.90. The predicted molar refractivity (Wildman–Crippen MR) is 76.2 cm³/mol. The summed E-state index contributed by atoms with van der Waals surface area (Å²) in [5.74, 6) is -0.908. The molecule has 1 aromatic heterocycles. The molecule has 1 heterocycles. The molecular weight excluding hydrogens is 296 g/mol. The molecule has 0 aliphatic rings. The number of oxazole rings is 1. The van der Waals surface area contributed by atoms with Crippen LogP contribution in [0.4, 0.5) is 6.01 Å². The average Bonchev–Trinajstić information content (AvgIpc) is 2.90. The van der Waals surface area contributed by atoms with E-state index in [1.54, 1.807) is 31.2 Å². The number of rotatable bonds is 5. The Morgan fingerprint density at radius 3 is 2.71 bits per heavy atom. The number of carbonyl (C=O) groups is 2. The summed E-state index contributed by atoms with van der Waals surface area (Å²) in [7, 11) is 0. The van der Waals surface area contributed by atoms with E-state index >= 15 is 0 Å². The molecule has 2 aromatic rings. The molecule has 0 unspecified atom stereocenters. The summed E-state index contributed by atoms with van der Waals surface area (Å²) >= 11 is 5.77. The van der Waals surface area contributed by atoms with E-state index in [9.17, 15) is 9.59 Å². The van der Waals surface area contributed by atoms with Crippen molar-refractivity contribution in [3.05, 3.63) is 46.8 Å². The van der Waals surface area contributed by atoms with Crippen molar-refractivity contribution in [1.29, 1.82) is 0 Å². The fourth-order valence-corrected chi connectivity index (χ4v) is 1.71. The van der Waals surface area contributed by atoms with Crippen LogP contribution in [0.1, 0.15) is 23.0 Å². The Bertz CT molecular complexity index is 637. The summed E-state index contributed by atoms with van der Waals surface area (Å²) < 4.78 is 9.76. The zero-order chi connectivity index (χ0) is 15.2. The third-order valence-corrected chi connectivity index (χ3v) is 2.77. The lowest BCUT2D eigenvalue weighted by Crippen LogP contribution is -2.15. The maximum Gasteiger partial charge on any atom is 0.360 e. The molecule has 0 aliphatic carbocycles. The molecule has 1 amide bonds. The number of hydrogen-bond acceptors (Lipinski definition) is 5. The molecule has 21 heavy (non-hydrogen) atoms. The monoisotopic (exact) mass is 308 g/mol. The number of halogens is 1. The molecule has 1 aromatic carbocycles. The molecule has 0 atom stereocenters. The number of aromatic nitrogens is 1. The van der Waals surface area contributed by atoms with Crippen LogP contribution in [0.5, 0.6) is 0 Å². The quantitative estimate of drug-likeness (QED) is 0.859. The molecular formula is C14H13ClN2O4. The van der Waals surface area contributed by atoms with E-state index in [0.29, 0.717) is 5.02 Å². The second-order valence-electron chi connectivity index (χ2n) is 4.11. The van der Waals surface area contributed by atoms with E-state index in [1.807, 2.05) is 0 Å². The zero-order valence-electron chi connectivity index (χ0n) is 11.3. The summed E-state index contributed by atoms with van der Waals surface area (Å²) in [6, 6.07) is 6.86. The van der Waals surface area contributed by atoms with Crippen LogP contribution < -0.4 is 5.32 Å². The highest BCUT2D eigenvalue weighted by molar-refractivity contribution is 6.30. The Kier molecular flexibility index (Phi) is 4.94. The standard InChI is InChI=1S/C14H13ClN2O4/c1-2-20-13(19)11-8-21-14(16-11)17-12(18)7-9-3-5-10(15)6-4-9/h3-6,8H,2,7H2,1H3,(H,16,17,18). The number of nitrogens with zero attached hydrogens (tertiary/aromatic N) is 1. The molecule has 7 heteroatoms. The molecule has 1 N–H and O–H groups in total. The second-order valence-corrected chi connectivity index (χ2v) is 4.55. The molecule has 0 saturated heterocycles. The van der Waals surface area contributed by atoms with Gasteiger partial charge in [0.2, 0.25) is 5.91 Å². The van der Waals surface area contributed by atoms with Crippen molar-refractivity contribution in [2.45, 2.75) is 13.3 Å². The van der Waals surface area contributed by atoms with Gasteiger partial charge in [-0.15, -0.1) is 0 Å².